The first-order valence-corrected chi connectivity index (χ1v) is 10.4. The molecule has 21 heavy (non-hydrogen) atoms. The van der Waals surface area contributed by atoms with Crippen LogP contribution in [0, 0.1) is 5.41 Å². The van der Waals surface area contributed by atoms with E-state index in [0.717, 1.165) is 0 Å². The van der Waals surface area contributed by atoms with Crippen LogP contribution < -0.4 is 0 Å². The van der Waals surface area contributed by atoms with Gasteiger partial charge < -0.3 is 0 Å². The predicted octanol–water partition coefficient (Wildman–Crippen LogP) is 4.88. The van der Waals surface area contributed by atoms with Crippen LogP contribution in [0.2, 0.25) is 0 Å². The third-order valence-corrected chi connectivity index (χ3v) is 10.3. The molecule has 0 heterocycles. The second-order valence-electron chi connectivity index (χ2n) is 7.16. The molecule has 2 rings (SSSR count). The van der Waals surface area contributed by atoms with Crippen LogP contribution in [-0.2, 0) is 23.2 Å². The van der Waals surface area contributed by atoms with Gasteiger partial charge in [-0.3, -0.25) is 0 Å². The number of hydrogen-bond donors (Lipinski definition) is 0. The average molecular weight is 363 g/mol. The molecule has 2 heteroatoms. The summed E-state index contributed by atoms with van der Waals surface area (Å²) in [6, 6.07) is 0. The van der Waals surface area contributed by atoms with Crippen molar-refractivity contribution < 1.29 is 23.2 Å². The predicted molar refractivity (Wildman–Crippen MR) is 88.8 cm³/mol. The van der Waals surface area contributed by atoms with E-state index >= 15 is 0 Å². The minimum absolute atomic E-state index is 0.308. The number of hydrogen-bond acceptors (Lipinski definition) is 1. The van der Waals surface area contributed by atoms with E-state index in [2.05, 4.69) is 65.8 Å². The average Bonchev–Trinajstić information content (AvgIpc) is 2.91. The molecule has 0 aromatic carbocycles. The van der Waals surface area contributed by atoms with Gasteiger partial charge in [-0.2, -0.15) is 0 Å². The molecule has 0 unspecified atom stereocenters. The summed E-state index contributed by atoms with van der Waals surface area (Å²) in [5.74, 6) is 0. The van der Waals surface area contributed by atoms with Crippen LogP contribution >= 0.6 is 0 Å². The fourth-order valence-corrected chi connectivity index (χ4v) is 7.59. The Kier molecular flexibility index (Phi) is 5.32. The molecule has 1 nitrogen and oxygen atoms in total. The van der Waals surface area contributed by atoms with Crippen molar-refractivity contribution in [2.75, 3.05) is 20.6 Å². The fraction of sp³-hybridized carbons (Fsp3) is 0.579. The molecule has 0 radical (unpaired) electrons. The molecule has 0 aromatic heterocycles. The van der Waals surface area contributed by atoms with E-state index in [9.17, 15) is 0 Å². The van der Waals surface area contributed by atoms with Crippen LogP contribution in [0.25, 0.3) is 0 Å². The van der Waals surface area contributed by atoms with Gasteiger partial charge in [-0.05, 0) is 0 Å². The van der Waals surface area contributed by atoms with E-state index < -0.39 is 23.2 Å². The van der Waals surface area contributed by atoms with Gasteiger partial charge in [0.25, 0.3) is 0 Å². The van der Waals surface area contributed by atoms with Crippen molar-refractivity contribution in [2.45, 2.75) is 47.5 Å². The molecule has 0 saturated heterocycles. The molecule has 0 amide bonds. The Labute approximate surface area is 142 Å². The SMILES string of the molecule is CC1=C(C)C(C)(C)[C]([Zr][C]2=C(CCN(C)C)C=CC2)=C1C. The summed E-state index contributed by atoms with van der Waals surface area (Å²) >= 11 is -0.634. The van der Waals surface area contributed by atoms with Crippen LogP contribution in [0.4, 0.5) is 0 Å². The van der Waals surface area contributed by atoms with Crippen molar-refractivity contribution in [1.82, 2.24) is 4.90 Å². The fourth-order valence-electron chi connectivity index (χ4n) is 3.25. The number of rotatable bonds is 5. The van der Waals surface area contributed by atoms with Gasteiger partial charge in [0.05, 0.1) is 0 Å². The summed E-state index contributed by atoms with van der Waals surface area (Å²) in [6.07, 6.45) is 7.22. The van der Waals surface area contributed by atoms with Gasteiger partial charge in [-0.15, -0.1) is 0 Å². The summed E-state index contributed by atoms with van der Waals surface area (Å²) in [5.41, 5.74) is 6.71. The van der Waals surface area contributed by atoms with Crippen LogP contribution in [0.3, 0.4) is 0 Å². The molecule has 0 spiro atoms. The Morgan fingerprint density at radius 2 is 1.81 bits per heavy atom. The Morgan fingerprint density at radius 3 is 2.33 bits per heavy atom. The van der Waals surface area contributed by atoms with Crippen LogP contribution in [0.15, 0.2) is 41.0 Å². The number of allylic oxidation sites excluding steroid dienone is 7. The van der Waals surface area contributed by atoms with Crippen LogP contribution in [-0.4, -0.2) is 25.5 Å². The topological polar surface area (TPSA) is 3.24 Å². The summed E-state index contributed by atoms with van der Waals surface area (Å²) < 4.78 is 3.62. The van der Waals surface area contributed by atoms with Gasteiger partial charge in [0.15, 0.2) is 0 Å². The third kappa shape index (κ3) is 3.43. The zero-order chi connectivity index (χ0) is 15.8. The maximum absolute atomic E-state index is 2.43. The van der Waals surface area contributed by atoms with Gasteiger partial charge in [0.2, 0.25) is 0 Å². The number of nitrogens with zero attached hydrogens (tertiary/aromatic N) is 1. The van der Waals surface area contributed by atoms with E-state index in [1.807, 2.05) is 6.56 Å². The summed E-state index contributed by atoms with van der Waals surface area (Å²) in [7, 11) is 4.34. The molecule has 0 saturated carbocycles. The van der Waals surface area contributed by atoms with Crippen molar-refractivity contribution in [2.24, 2.45) is 5.41 Å². The van der Waals surface area contributed by atoms with Crippen molar-refractivity contribution in [3.63, 3.8) is 0 Å². The molecule has 0 atom stereocenters. The van der Waals surface area contributed by atoms with Gasteiger partial charge in [0, 0.05) is 0 Å². The summed E-state index contributed by atoms with van der Waals surface area (Å²) in [4.78, 5) is 2.29. The van der Waals surface area contributed by atoms with E-state index in [1.54, 1.807) is 22.3 Å². The second-order valence-corrected chi connectivity index (χ2v) is 10.5. The molecule has 0 aromatic rings. The van der Waals surface area contributed by atoms with Crippen molar-refractivity contribution in [3.05, 3.63) is 41.0 Å². The molecule has 0 bridgehead atoms. The van der Waals surface area contributed by atoms with E-state index in [4.69, 9.17) is 0 Å². The monoisotopic (exact) mass is 361 g/mol. The Hall–Kier alpha value is -0.197. The first-order valence-electron chi connectivity index (χ1n) is 7.95. The Morgan fingerprint density at radius 1 is 1.14 bits per heavy atom. The maximum atomic E-state index is 2.43. The molecule has 2 aliphatic carbocycles. The molecular formula is C19H29NZr. The molecule has 114 valence electrons. The molecule has 2 aliphatic rings. The normalized spacial score (nSPS) is 21.3. The summed E-state index contributed by atoms with van der Waals surface area (Å²) in [5, 5.41) is 0. The van der Waals surface area contributed by atoms with Crippen molar-refractivity contribution in [3.8, 4) is 0 Å². The zero-order valence-electron chi connectivity index (χ0n) is 14.7. The van der Waals surface area contributed by atoms with E-state index in [1.165, 1.54) is 19.4 Å². The molecule has 0 fully saturated rings. The Balaban J connectivity index is 2.20. The zero-order valence-corrected chi connectivity index (χ0v) is 17.2. The van der Waals surface area contributed by atoms with Gasteiger partial charge in [-0.1, -0.05) is 0 Å². The van der Waals surface area contributed by atoms with Gasteiger partial charge in [-0.25, -0.2) is 0 Å². The third-order valence-electron chi connectivity index (χ3n) is 5.20. The quantitative estimate of drug-likeness (QED) is 0.673. The van der Waals surface area contributed by atoms with Gasteiger partial charge >= 0.3 is 143 Å². The second kappa shape index (κ2) is 6.51. The van der Waals surface area contributed by atoms with Crippen molar-refractivity contribution >= 4 is 0 Å². The first-order chi connectivity index (χ1) is 9.75. The van der Waals surface area contributed by atoms with Crippen molar-refractivity contribution in [1.29, 1.82) is 0 Å². The molecular weight excluding hydrogens is 333 g/mol. The minimum atomic E-state index is -0.634. The van der Waals surface area contributed by atoms with Gasteiger partial charge in [0.1, 0.15) is 0 Å². The van der Waals surface area contributed by atoms with Crippen LogP contribution in [0.5, 0.6) is 0 Å². The molecule has 0 aliphatic heterocycles. The van der Waals surface area contributed by atoms with Crippen LogP contribution in [0.1, 0.15) is 47.5 Å². The first kappa shape index (κ1) is 17.2. The standard InChI is InChI=1S/C10H15.C9H14N.Zr/c1-7-6-10(4,5)9(3)8(7)2;1-10(2)8-7-9-5-3-4-6-9;/h1-5H3;3,5H,4,7-8H2,1-2H3;. The molecule has 0 N–H and O–H groups in total. The Bertz CT molecular complexity index is 556. The summed E-state index contributed by atoms with van der Waals surface area (Å²) in [6.45, 7) is 13.0. The van der Waals surface area contributed by atoms with E-state index in [-0.39, 0.29) is 0 Å². The van der Waals surface area contributed by atoms with E-state index in [0.29, 0.717) is 5.41 Å².